The summed E-state index contributed by atoms with van der Waals surface area (Å²) < 4.78 is 4.72. The molecule has 1 fully saturated rings. The highest BCUT2D eigenvalue weighted by atomic mass is 16.6. The second-order valence-corrected chi connectivity index (χ2v) is 3.98. The summed E-state index contributed by atoms with van der Waals surface area (Å²) >= 11 is 0. The van der Waals surface area contributed by atoms with Crippen LogP contribution in [0, 0.1) is 5.92 Å². The standard InChI is InChI=1S/C12H13NO4/c14-11(15)9(10-7-17-12(16)13-10)6-8-4-2-1-3-5-8/h1-5,9-10H,6-7H2,(H,13,16)(H,14,15)/t9-,10+/m0/s1. The highest BCUT2D eigenvalue weighted by molar-refractivity contribution is 5.75. The van der Waals surface area contributed by atoms with E-state index in [1.807, 2.05) is 30.3 Å². The van der Waals surface area contributed by atoms with Crippen molar-refractivity contribution in [1.29, 1.82) is 0 Å². The summed E-state index contributed by atoms with van der Waals surface area (Å²) in [5.74, 6) is -1.59. The smallest absolute Gasteiger partial charge is 0.407 e. The van der Waals surface area contributed by atoms with E-state index in [9.17, 15) is 14.7 Å². The minimum Gasteiger partial charge on any atom is -0.481 e. The molecule has 1 aromatic carbocycles. The lowest BCUT2D eigenvalue weighted by Crippen LogP contribution is -2.39. The molecule has 1 amide bonds. The van der Waals surface area contributed by atoms with Crippen LogP contribution < -0.4 is 5.32 Å². The summed E-state index contributed by atoms with van der Waals surface area (Å²) in [5.41, 5.74) is 0.932. The fourth-order valence-electron chi connectivity index (χ4n) is 1.89. The van der Waals surface area contributed by atoms with Crippen LogP contribution in [0.1, 0.15) is 5.56 Å². The Morgan fingerprint density at radius 2 is 2.18 bits per heavy atom. The Labute approximate surface area is 98.4 Å². The molecule has 90 valence electrons. The van der Waals surface area contributed by atoms with E-state index in [1.165, 1.54) is 0 Å². The van der Waals surface area contributed by atoms with Crippen LogP contribution in [0.4, 0.5) is 4.79 Å². The van der Waals surface area contributed by atoms with E-state index < -0.39 is 24.0 Å². The first kappa shape index (κ1) is 11.4. The van der Waals surface area contributed by atoms with Crippen molar-refractivity contribution in [2.45, 2.75) is 12.5 Å². The molecule has 0 radical (unpaired) electrons. The Morgan fingerprint density at radius 3 is 2.71 bits per heavy atom. The molecule has 1 aliphatic rings. The number of carboxylic acid groups (broad SMARTS) is 1. The van der Waals surface area contributed by atoms with E-state index in [0.29, 0.717) is 6.42 Å². The Kier molecular flexibility index (Phi) is 3.27. The third-order valence-electron chi connectivity index (χ3n) is 2.80. The van der Waals surface area contributed by atoms with Crippen LogP contribution >= 0.6 is 0 Å². The van der Waals surface area contributed by atoms with Crippen LogP contribution in [0.25, 0.3) is 0 Å². The van der Waals surface area contributed by atoms with E-state index in [0.717, 1.165) is 5.56 Å². The molecule has 0 bridgehead atoms. The molecule has 5 heteroatoms. The number of carboxylic acids is 1. The molecule has 0 aliphatic carbocycles. The van der Waals surface area contributed by atoms with Crippen LogP contribution in [0.3, 0.4) is 0 Å². The Bertz CT molecular complexity index is 418. The molecule has 1 aliphatic heterocycles. The molecule has 0 aromatic heterocycles. The molecule has 17 heavy (non-hydrogen) atoms. The van der Waals surface area contributed by atoms with Gasteiger partial charge in [-0.3, -0.25) is 4.79 Å². The van der Waals surface area contributed by atoms with Gasteiger partial charge in [-0.05, 0) is 12.0 Å². The number of hydrogen-bond donors (Lipinski definition) is 2. The molecular formula is C12H13NO4. The zero-order valence-electron chi connectivity index (χ0n) is 9.13. The van der Waals surface area contributed by atoms with Gasteiger partial charge in [0.15, 0.2) is 0 Å². The van der Waals surface area contributed by atoms with Crippen molar-refractivity contribution in [2.75, 3.05) is 6.61 Å². The van der Waals surface area contributed by atoms with Gasteiger partial charge in [0.05, 0.1) is 12.0 Å². The topological polar surface area (TPSA) is 75.6 Å². The van der Waals surface area contributed by atoms with E-state index in [1.54, 1.807) is 0 Å². The minimum atomic E-state index is -0.926. The predicted molar refractivity (Wildman–Crippen MR) is 59.5 cm³/mol. The third kappa shape index (κ3) is 2.75. The molecule has 2 rings (SSSR count). The molecule has 2 N–H and O–H groups in total. The summed E-state index contributed by atoms with van der Waals surface area (Å²) in [6, 6.07) is 8.87. The molecule has 1 aromatic rings. The van der Waals surface area contributed by atoms with Gasteiger partial charge in [0.1, 0.15) is 6.61 Å². The lowest BCUT2D eigenvalue weighted by atomic mass is 9.93. The SMILES string of the molecule is O=C1N[C@@H]([C@H](Cc2ccccc2)C(=O)O)CO1. The Balaban J connectivity index is 2.08. The number of nitrogens with one attached hydrogen (secondary N) is 1. The van der Waals surface area contributed by atoms with Crippen LogP contribution in [0.5, 0.6) is 0 Å². The lowest BCUT2D eigenvalue weighted by Gasteiger charge is -2.17. The van der Waals surface area contributed by atoms with Crippen LogP contribution in [0.15, 0.2) is 30.3 Å². The van der Waals surface area contributed by atoms with Crippen LogP contribution in [-0.2, 0) is 16.0 Å². The van der Waals surface area contributed by atoms with Crippen molar-refractivity contribution >= 4 is 12.1 Å². The Morgan fingerprint density at radius 1 is 1.47 bits per heavy atom. The predicted octanol–water partition coefficient (Wildman–Crippen LogP) is 1.04. The monoisotopic (exact) mass is 235 g/mol. The van der Waals surface area contributed by atoms with Crippen molar-refractivity contribution < 1.29 is 19.4 Å². The van der Waals surface area contributed by atoms with Crippen molar-refractivity contribution in [3.8, 4) is 0 Å². The van der Waals surface area contributed by atoms with E-state index in [4.69, 9.17) is 4.74 Å². The maximum atomic E-state index is 11.2. The third-order valence-corrected chi connectivity index (χ3v) is 2.80. The average molecular weight is 235 g/mol. The van der Waals surface area contributed by atoms with Gasteiger partial charge in [-0.1, -0.05) is 30.3 Å². The number of alkyl carbamates (subject to hydrolysis) is 1. The molecule has 0 spiro atoms. The number of cyclic esters (lactones) is 1. The first-order valence-electron chi connectivity index (χ1n) is 5.37. The van der Waals surface area contributed by atoms with Gasteiger partial charge in [-0.2, -0.15) is 0 Å². The number of hydrogen-bond acceptors (Lipinski definition) is 3. The summed E-state index contributed by atoms with van der Waals surface area (Å²) in [7, 11) is 0. The first-order chi connectivity index (χ1) is 8.16. The number of benzene rings is 1. The van der Waals surface area contributed by atoms with Crippen molar-refractivity contribution in [3.63, 3.8) is 0 Å². The van der Waals surface area contributed by atoms with E-state index in [2.05, 4.69) is 5.32 Å². The van der Waals surface area contributed by atoms with Crippen LogP contribution in [0.2, 0.25) is 0 Å². The number of rotatable bonds is 4. The number of ether oxygens (including phenoxy) is 1. The van der Waals surface area contributed by atoms with Gasteiger partial charge in [0.25, 0.3) is 0 Å². The van der Waals surface area contributed by atoms with Gasteiger partial charge in [0, 0.05) is 0 Å². The molecule has 5 nitrogen and oxygen atoms in total. The van der Waals surface area contributed by atoms with Crippen LogP contribution in [-0.4, -0.2) is 29.8 Å². The van der Waals surface area contributed by atoms with Gasteiger partial charge < -0.3 is 15.2 Å². The van der Waals surface area contributed by atoms with Gasteiger partial charge in [-0.15, -0.1) is 0 Å². The fourth-order valence-corrected chi connectivity index (χ4v) is 1.89. The van der Waals surface area contributed by atoms with Crippen molar-refractivity contribution in [3.05, 3.63) is 35.9 Å². The molecule has 0 unspecified atom stereocenters. The second-order valence-electron chi connectivity index (χ2n) is 3.98. The van der Waals surface area contributed by atoms with E-state index in [-0.39, 0.29) is 6.61 Å². The number of carbonyl (C=O) groups excluding carboxylic acids is 1. The van der Waals surface area contributed by atoms with Crippen molar-refractivity contribution in [1.82, 2.24) is 5.32 Å². The molecule has 0 saturated carbocycles. The molecule has 2 atom stereocenters. The molecular weight excluding hydrogens is 222 g/mol. The summed E-state index contributed by atoms with van der Waals surface area (Å²) in [6.45, 7) is 0.114. The number of amides is 1. The normalized spacial score (nSPS) is 20.5. The van der Waals surface area contributed by atoms with Crippen molar-refractivity contribution in [2.24, 2.45) is 5.92 Å². The highest BCUT2D eigenvalue weighted by Crippen LogP contribution is 2.16. The highest BCUT2D eigenvalue weighted by Gasteiger charge is 2.34. The maximum Gasteiger partial charge on any atom is 0.407 e. The summed E-state index contributed by atoms with van der Waals surface area (Å²) in [5, 5.41) is 11.7. The average Bonchev–Trinajstić information content (AvgIpc) is 2.73. The first-order valence-corrected chi connectivity index (χ1v) is 5.37. The van der Waals surface area contributed by atoms with E-state index >= 15 is 0 Å². The number of carbonyl (C=O) groups is 2. The summed E-state index contributed by atoms with van der Waals surface area (Å²) in [4.78, 5) is 22.1. The summed E-state index contributed by atoms with van der Waals surface area (Å²) in [6.07, 6.45) is -0.167. The fraction of sp³-hybridized carbons (Fsp3) is 0.333. The molecule has 1 heterocycles. The minimum absolute atomic E-state index is 0.114. The lowest BCUT2D eigenvalue weighted by molar-refractivity contribution is -0.142. The largest absolute Gasteiger partial charge is 0.481 e. The Hall–Kier alpha value is -2.04. The van der Waals surface area contributed by atoms with Gasteiger partial charge in [0.2, 0.25) is 0 Å². The number of aliphatic carboxylic acids is 1. The maximum absolute atomic E-state index is 11.2. The second kappa shape index (κ2) is 4.86. The zero-order chi connectivity index (χ0) is 12.3. The quantitative estimate of drug-likeness (QED) is 0.817. The van der Waals surface area contributed by atoms with Gasteiger partial charge in [-0.25, -0.2) is 4.79 Å². The molecule has 1 saturated heterocycles. The zero-order valence-corrected chi connectivity index (χ0v) is 9.13. The van der Waals surface area contributed by atoms with Gasteiger partial charge >= 0.3 is 12.1 Å².